The summed E-state index contributed by atoms with van der Waals surface area (Å²) < 4.78 is 0. The fraction of sp³-hybridized carbons (Fsp3) is 0.0769. The first-order chi connectivity index (χ1) is 20.1. The number of nitrogens with zero attached hydrogens (tertiary/aromatic N) is 2. The SMILES string of the molecule is Cc1cccc(N(c2ccccc2)c2ccc(-c3ccc(N(c4ccccc4)c4cccc(C)c4)c(C)c3)cc2)c1. The maximum Gasteiger partial charge on any atom is 0.0491 e. The molecule has 0 unspecified atom stereocenters. The molecule has 6 aromatic carbocycles. The second-order valence-corrected chi connectivity index (χ2v) is 10.6. The normalized spacial score (nSPS) is 10.8. The zero-order valence-electron chi connectivity index (χ0n) is 23.8. The molecule has 200 valence electrons. The van der Waals surface area contributed by atoms with Crippen molar-refractivity contribution in [3.63, 3.8) is 0 Å². The quantitative estimate of drug-likeness (QED) is 0.202. The Labute approximate surface area is 243 Å². The van der Waals surface area contributed by atoms with Gasteiger partial charge in [0.1, 0.15) is 0 Å². The highest BCUT2D eigenvalue weighted by Gasteiger charge is 2.16. The van der Waals surface area contributed by atoms with Crippen molar-refractivity contribution in [3.8, 4) is 11.1 Å². The second-order valence-electron chi connectivity index (χ2n) is 10.6. The van der Waals surface area contributed by atoms with Crippen LogP contribution in [0.5, 0.6) is 0 Å². The Morgan fingerprint density at radius 2 is 0.805 bits per heavy atom. The molecule has 0 heterocycles. The minimum absolute atomic E-state index is 1.13. The third-order valence-electron chi connectivity index (χ3n) is 7.45. The number of benzene rings is 6. The van der Waals surface area contributed by atoms with Crippen molar-refractivity contribution < 1.29 is 0 Å². The summed E-state index contributed by atoms with van der Waals surface area (Å²) in [5, 5.41) is 0. The molecule has 6 rings (SSSR count). The highest BCUT2D eigenvalue weighted by molar-refractivity contribution is 5.82. The molecule has 6 aromatic rings. The molecular formula is C39H34N2. The molecule has 0 spiro atoms. The van der Waals surface area contributed by atoms with E-state index in [1.165, 1.54) is 33.5 Å². The van der Waals surface area contributed by atoms with E-state index in [4.69, 9.17) is 0 Å². The third kappa shape index (κ3) is 5.64. The fourth-order valence-electron chi connectivity index (χ4n) is 5.45. The summed E-state index contributed by atoms with van der Waals surface area (Å²) in [6.07, 6.45) is 0. The molecule has 2 heteroatoms. The summed E-state index contributed by atoms with van der Waals surface area (Å²) in [7, 11) is 0. The Kier molecular flexibility index (Phi) is 7.38. The van der Waals surface area contributed by atoms with Crippen LogP contribution in [-0.4, -0.2) is 0 Å². The summed E-state index contributed by atoms with van der Waals surface area (Å²) in [6.45, 7) is 6.48. The van der Waals surface area contributed by atoms with Crippen LogP contribution in [-0.2, 0) is 0 Å². The van der Waals surface area contributed by atoms with Crippen LogP contribution in [0.3, 0.4) is 0 Å². The summed E-state index contributed by atoms with van der Waals surface area (Å²) >= 11 is 0. The third-order valence-corrected chi connectivity index (χ3v) is 7.45. The van der Waals surface area contributed by atoms with Gasteiger partial charge in [0, 0.05) is 34.1 Å². The monoisotopic (exact) mass is 530 g/mol. The predicted molar refractivity (Wildman–Crippen MR) is 175 cm³/mol. The average molecular weight is 531 g/mol. The molecule has 0 amide bonds. The lowest BCUT2D eigenvalue weighted by molar-refractivity contribution is 1.24. The van der Waals surface area contributed by atoms with E-state index in [0.29, 0.717) is 0 Å². The fourth-order valence-corrected chi connectivity index (χ4v) is 5.45. The van der Waals surface area contributed by atoms with Gasteiger partial charge in [0.2, 0.25) is 0 Å². The van der Waals surface area contributed by atoms with E-state index in [-0.39, 0.29) is 0 Å². The first kappa shape index (κ1) is 26.2. The Balaban J connectivity index is 1.35. The topological polar surface area (TPSA) is 6.48 Å². The van der Waals surface area contributed by atoms with Crippen molar-refractivity contribution in [3.05, 3.63) is 168 Å². The van der Waals surface area contributed by atoms with Gasteiger partial charge in [0.25, 0.3) is 0 Å². The summed E-state index contributed by atoms with van der Waals surface area (Å²) in [6, 6.07) is 54.2. The van der Waals surface area contributed by atoms with E-state index in [2.05, 4.69) is 182 Å². The van der Waals surface area contributed by atoms with Crippen molar-refractivity contribution >= 4 is 34.1 Å². The minimum atomic E-state index is 1.13. The number of para-hydroxylation sites is 2. The van der Waals surface area contributed by atoms with E-state index in [0.717, 1.165) is 28.4 Å². The first-order valence-electron chi connectivity index (χ1n) is 14.1. The zero-order valence-corrected chi connectivity index (χ0v) is 23.8. The summed E-state index contributed by atoms with van der Waals surface area (Å²) in [4.78, 5) is 4.65. The molecule has 2 nitrogen and oxygen atoms in total. The smallest absolute Gasteiger partial charge is 0.0491 e. The minimum Gasteiger partial charge on any atom is -0.310 e. The number of anilines is 6. The van der Waals surface area contributed by atoms with E-state index >= 15 is 0 Å². The van der Waals surface area contributed by atoms with Crippen LogP contribution in [0.1, 0.15) is 16.7 Å². The van der Waals surface area contributed by atoms with Gasteiger partial charge in [0.05, 0.1) is 0 Å². The van der Waals surface area contributed by atoms with Crippen LogP contribution in [0.2, 0.25) is 0 Å². The van der Waals surface area contributed by atoms with Crippen molar-refractivity contribution in [2.24, 2.45) is 0 Å². The van der Waals surface area contributed by atoms with E-state index in [1.54, 1.807) is 0 Å². The van der Waals surface area contributed by atoms with Gasteiger partial charge in [-0.3, -0.25) is 0 Å². The standard InChI is InChI=1S/C39H34N2/c1-29-12-10-18-37(26-29)40(34-14-6-4-7-15-34)36-23-20-32(21-24-36)33-22-25-39(31(3)28-33)41(35-16-8-5-9-17-35)38-19-11-13-30(2)27-38/h4-28H,1-3H3. The Morgan fingerprint density at radius 3 is 1.34 bits per heavy atom. The van der Waals surface area contributed by atoms with Gasteiger partial charge in [-0.1, -0.05) is 78.9 Å². The van der Waals surface area contributed by atoms with Gasteiger partial charge in [-0.05, 0) is 121 Å². The zero-order chi connectivity index (χ0) is 28.2. The Bertz CT molecular complexity index is 1760. The Hall–Kier alpha value is -5.08. The maximum atomic E-state index is 2.34. The largest absolute Gasteiger partial charge is 0.310 e. The Morgan fingerprint density at radius 1 is 0.341 bits per heavy atom. The molecule has 0 N–H and O–H groups in total. The van der Waals surface area contributed by atoms with E-state index in [1.807, 2.05) is 0 Å². The summed E-state index contributed by atoms with van der Waals surface area (Å²) in [5.41, 5.74) is 13.0. The first-order valence-corrected chi connectivity index (χ1v) is 14.1. The van der Waals surface area contributed by atoms with E-state index < -0.39 is 0 Å². The molecule has 0 aliphatic carbocycles. The lowest BCUT2D eigenvalue weighted by Gasteiger charge is -2.28. The molecule has 0 saturated heterocycles. The molecule has 0 aromatic heterocycles. The molecule has 0 radical (unpaired) electrons. The highest BCUT2D eigenvalue weighted by Crippen LogP contribution is 2.39. The van der Waals surface area contributed by atoms with Crippen molar-refractivity contribution in [1.82, 2.24) is 0 Å². The molecule has 0 aliphatic rings. The molecule has 0 saturated carbocycles. The highest BCUT2D eigenvalue weighted by atomic mass is 15.1. The van der Waals surface area contributed by atoms with Crippen molar-refractivity contribution in [2.75, 3.05) is 9.80 Å². The summed E-state index contributed by atoms with van der Waals surface area (Å²) in [5.74, 6) is 0. The molecule has 0 bridgehead atoms. The van der Waals surface area contributed by atoms with Crippen LogP contribution in [0, 0.1) is 20.8 Å². The van der Waals surface area contributed by atoms with Gasteiger partial charge in [-0.15, -0.1) is 0 Å². The number of rotatable bonds is 7. The van der Waals surface area contributed by atoms with E-state index in [9.17, 15) is 0 Å². The number of hydrogen-bond acceptors (Lipinski definition) is 2. The van der Waals surface area contributed by atoms with Gasteiger partial charge in [0.15, 0.2) is 0 Å². The second kappa shape index (κ2) is 11.6. The van der Waals surface area contributed by atoms with Crippen LogP contribution in [0.15, 0.2) is 152 Å². The van der Waals surface area contributed by atoms with Crippen LogP contribution in [0.4, 0.5) is 34.1 Å². The lowest BCUT2D eigenvalue weighted by Crippen LogP contribution is -2.11. The number of hydrogen-bond donors (Lipinski definition) is 0. The van der Waals surface area contributed by atoms with Gasteiger partial charge in [-0.25, -0.2) is 0 Å². The van der Waals surface area contributed by atoms with Gasteiger partial charge < -0.3 is 9.80 Å². The van der Waals surface area contributed by atoms with Crippen molar-refractivity contribution in [1.29, 1.82) is 0 Å². The maximum absolute atomic E-state index is 2.34. The van der Waals surface area contributed by atoms with Crippen LogP contribution < -0.4 is 9.80 Å². The molecule has 0 atom stereocenters. The van der Waals surface area contributed by atoms with Crippen LogP contribution >= 0.6 is 0 Å². The molecule has 41 heavy (non-hydrogen) atoms. The molecular weight excluding hydrogens is 496 g/mol. The lowest BCUT2D eigenvalue weighted by atomic mass is 10.0. The van der Waals surface area contributed by atoms with Gasteiger partial charge >= 0.3 is 0 Å². The van der Waals surface area contributed by atoms with Gasteiger partial charge in [-0.2, -0.15) is 0 Å². The molecule has 0 aliphatic heterocycles. The number of aryl methyl sites for hydroxylation is 3. The average Bonchev–Trinajstić information content (AvgIpc) is 3.00. The predicted octanol–water partition coefficient (Wildman–Crippen LogP) is 11.2. The molecule has 0 fully saturated rings. The van der Waals surface area contributed by atoms with Crippen molar-refractivity contribution in [2.45, 2.75) is 20.8 Å². The van der Waals surface area contributed by atoms with Crippen LogP contribution in [0.25, 0.3) is 11.1 Å².